The van der Waals surface area contributed by atoms with Crippen LogP contribution in [0.3, 0.4) is 0 Å². The molecule has 1 rings (SSSR count). The molecule has 0 atom stereocenters. The summed E-state index contributed by atoms with van der Waals surface area (Å²) >= 11 is 0. The largest absolute Gasteiger partial charge is 0.481 e. The van der Waals surface area contributed by atoms with E-state index in [2.05, 4.69) is 18.0 Å². The van der Waals surface area contributed by atoms with E-state index in [1.54, 1.807) is 7.11 Å². The number of ether oxygens (including phenoxy) is 1. The summed E-state index contributed by atoms with van der Waals surface area (Å²) in [4.78, 5) is 4.10. The second kappa shape index (κ2) is 8.14. The van der Waals surface area contributed by atoms with Crippen molar-refractivity contribution in [2.75, 3.05) is 7.11 Å². The van der Waals surface area contributed by atoms with Gasteiger partial charge in [0.2, 0.25) is 5.88 Å². The van der Waals surface area contributed by atoms with Crippen molar-refractivity contribution in [3.05, 3.63) is 23.9 Å². The van der Waals surface area contributed by atoms with Gasteiger partial charge in [-0.05, 0) is 24.5 Å². The number of nitrogens with zero attached hydrogens (tertiary/aromatic N) is 1. The summed E-state index contributed by atoms with van der Waals surface area (Å²) in [6.45, 7) is 2.25. The highest BCUT2D eigenvalue weighted by Crippen LogP contribution is 2.13. The molecule has 1 aromatic heterocycles. The Bertz CT molecular complexity index is 286. The minimum atomic E-state index is 0.725. The van der Waals surface area contributed by atoms with Crippen LogP contribution in [-0.2, 0) is 6.42 Å². The first-order valence-electron chi connectivity index (χ1n) is 6.35. The lowest BCUT2D eigenvalue weighted by atomic mass is 10.1. The number of hydrogen-bond donors (Lipinski definition) is 0. The standard InChI is InChI=1S/C14H23NO/c1-3-4-5-6-7-8-9-13-10-11-15-14(12-13)16-2/h10-12H,3-9H2,1-2H3. The van der Waals surface area contributed by atoms with Gasteiger partial charge in [0.15, 0.2) is 0 Å². The predicted octanol–water partition coefficient (Wildman–Crippen LogP) is 3.99. The minimum absolute atomic E-state index is 0.725. The molecule has 0 saturated heterocycles. The third-order valence-corrected chi connectivity index (χ3v) is 2.83. The van der Waals surface area contributed by atoms with Gasteiger partial charge in [-0.1, -0.05) is 39.0 Å². The molecule has 1 heterocycles. The molecule has 0 fully saturated rings. The molecule has 90 valence electrons. The molecule has 1 aromatic rings. The van der Waals surface area contributed by atoms with E-state index in [1.165, 1.54) is 44.1 Å². The average molecular weight is 221 g/mol. The first kappa shape index (κ1) is 13.0. The van der Waals surface area contributed by atoms with Crippen molar-refractivity contribution in [1.29, 1.82) is 0 Å². The van der Waals surface area contributed by atoms with Crippen molar-refractivity contribution in [3.8, 4) is 5.88 Å². The van der Waals surface area contributed by atoms with Crippen molar-refractivity contribution in [2.45, 2.75) is 51.9 Å². The molecule has 16 heavy (non-hydrogen) atoms. The fourth-order valence-electron chi connectivity index (χ4n) is 1.83. The van der Waals surface area contributed by atoms with Gasteiger partial charge in [-0.25, -0.2) is 4.98 Å². The maximum absolute atomic E-state index is 5.10. The van der Waals surface area contributed by atoms with E-state index in [9.17, 15) is 0 Å². The van der Waals surface area contributed by atoms with Crippen LogP contribution in [0.1, 0.15) is 51.0 Å². The molecule has 0 bridgehead atoms. The lowest BCUT2D eigenvalue weighted by molar-refractivity contribution is 0.397. The van der Waals surface area contributed by atoms with Crippen LogP contribution in [0.5, 0.6) is 5.88 Å². The van der Waals surface area contributed by atoms with E-state index in [0.717, 1.165) is 12.3 Å². The molecule has 2 nitrogen and oxygen atoms in total. The Labute approximate surface area is 99.0 Å². The lowest BCUT2D eigenvalue weighted by Gasteiger charge is -2.03. The second-order valence-electron chi connectivity index (χ2n) is 4.22. The van der Waals surface area contributed by atoms with Crippen molar-refractivity contribution < 1.29 is 4.74 Å². The van der Waals surface area contributed by atoms with Gasteiger partial charge in [0.05, 0.1) is 7.11 Å². The van der Waals surface area contributed by atoms with Crippen LogP contribution in [0.25, 0.3) is 0 Å². The highest BCUT2D eigenvalue weighted by Gasteiger charge is 1.97. The number of aromatic nitrogens is 1. The van der Waals surface area contributed by atoms with E-state index in [0.29, 0.717) is 0 Å². The predicted molar refractivity (Wildman–Crippen MR) is 67.9 cm³/mol. The van der Waals surface area contributed by atoms with Crippen molar-refractivity contribution in [3.63, 3.8) is 0 Å². The molecule has 0 saturated carbocycles. The van der Waals surface area contributed by atoms with Gasteiger partial charge < -0.3 is 4.74 Å². The van der Waals surface area contributed by atoms with Crippen LogP contribution >= 0.6 is 0 Å². The zero-order valence-electron chi connectivity index (χ0n) is 10.5. The molecule has 0 aliphatic rings. The van der Waals surface area contributed by atoms with Gasteiger partial charge in [0.25, 0.3) is 0 Å². The fourth-order valence-corrected chi connectivity index (χ4v) is 1.83. The van der Waals surface area contributed by atoms with E-state index in [-0.39, 0.29) is 0 Å². The second-order valence-corrected chi connectivity index (χ2v) is 4.22. The fraction of sp³-hybridized carbons (Fsp3) is 0.643. The summed E-state index contributed by atoms with van der Waals surface area (Å²) in [5, 5.41) is 0. The van der Waals surface area contributed by atoms with Crippen LogP contribution in [0.15, 0.2) is 18.3 Å². The first-order valence-corrected chi connectivity index (χ1v) is 6.35. The van der Waals surface area contributed by atoms with Crippen molar-refractivity contribution >= 4 is 0 Å². The first-order chi connectivity index (χ1) is 7.86. The van der Waals surface area contributed by atoms with Gasteiger partial charge in [0, 0.05) is 12.3 Å². The third-order valence-electron chi connectivity index (χ3n) is 2.83. The third kappa shape index (κ3) is 5.15. The molecule has 0 spiro atoms. The number of pyridine rings is 1. The molecule has 0 amide bonds. The van der Waals surface area contributed by atoms with Crippen LogP contribution in [0, 0.1) is 0 Å². The number of unbranched alkanes of at least 4 members (excludes halogenated alkanes) is 5. The molecule has 0 unspecified atom stereocenters. The van der Waals surface area contributed by atoms with E-state index in [4.69, 9.17) is 4.74 Å². The van der Waals surface area contributed by atoms with Gasteiger partial charge in [-0.2, -0.15) is 0 Å². The monoisotopic (exact) mass is 221 g/mol. The number of rotatable bonds is 8. The van der Waals surface area contributed by atoms with Crippen LogP contribution in [0.4, 0.5) is 0 Å². The zero-order valence-corrected chi connectivity index (χ0v) is 10.5. The van der Waals surface area contributed by atoms with Crippen LogP contribution in [0.2, 0.25) is 0 Å². The highest BCUT2D eigenvalue weighted by atomic mass is 16.5. The minimum Gasteiger partial charge on any atom is -0.481 e. The topological polar surface area (TPSA) is 22.1 Å². The lowest BCUT2D eigenvalue weighted by Crippen LogP contribution is -1.91. The van der Waals surface area contributed by atoms with Gasteiger partial charge in [-0.3, -0.25) is 0 Å². The Kier molecular flexibility index (Phi) is 6.62. The smallest absolute Gasteiger partial charge is 0.213 e. The Morgan fingerprint density at radius 2 is 1.88 bits per heavy atom. The van der Waals surface area contributed by atoms with Crippen molar-refractivity contribution in [1.82, 2.24) is 4.98 Å². The Hall–Kier alpha value is -1.05. The Morgan fingerprint density at radius 3 is 2.62 bits per heavy atom. The summed E-state index contributed by atoms with van der Waals surface area (Å²) in [6, 6.07) is 4.11. The summed E-state index contributed by atoms with van der Waals surface area (Å²) < 4.78 is 5.10. The summed E-state index contributed by atoms with van der Waals surface area (Å²) in [5.41, 5.74) is 1.34. The number of aryl methyl sites for hydroxylation is 1. The summed E-state index contributed by atoms with van der Waals surface area (Å²) in [5.74, 6) is 0.725. The average Bonchev–Trinajstić information content (AvgIpc) is 2.34. The van der Waals surface area contributed by atoms with Gasteiger partial charge >= 0.3 is 0 Å². The Morgan fingerprint density at radius 1 is 1.12 bits per heavy atom. The maximum Gasteiger partial charge on any atom is 0.213 e. The molecule has 0 N–H and O–H groups in total. The van der Waals surface area contributed by atoms with E-state index in [1.807, 2.05) is 12.3 Å². The van der Waals surface area contributed by atoms with Crippen LogP contribution < -0.4 is 4.74 Å². The number of methoxy groups -OCH3 is 1. The van der Waals surface area contributed by atoms with Crippen LogP contribution in [-0.4, -0.2) is 12.1 Å². The molecule has 0 aromatic carbocycles. The molecular formula is C14H23NO. The number of hydrogen-bond acceptors (Lipinski definition) is 2. The van der Waals surface area contributed by atoms with E-state index >= 15 is 0 Å². The normalized spacial score (nSPS) is 10.4. The summed E-state index contributed by atoms with van der Waals surface area (Å²) in [7, 11) is 1.66. The molecular weight excluding hydrogens is 198 g/mol. The maximum atomic E-state index is 5.10. The zero-order chi connectivity index (χ0) is 11.6. The van der Waals surface area contributed by atoms with Crippen molar-refractivity contribution in [2.24, 2.45) is 0 Å². The summed E-state index contributed by atoms with van der Waals surface area (Å²) in [6.07, 6.45) is 11.0. The highest BCUT2D eigenvalue weighted by molar-refractivity contribution is 5.20. The molecule has 0 aliphatic carbocycles. The quantitative estimate of drug-likeness (QED) is 0.619. The van der Waals surface area contributed by atoms with Gasteiger partial charge in [0.1, 0.15) is 0 Å². The molecule has 2 heteroatoms. The Balaban J connectivity index is 2.16. The van der Waals surface area contributed by atoms with Gasteiger partial charge in [-0.15, -0.1) is 0 Å². The molecule has 0 radical (unpaired) electrons. The SMILES string of the molecule is CCCCCCCCc1ccnc(OC)c1. The molecule has 0 aliphatic heterocycles. The van der Waals surface area contributed by atoms with E-state index < -0.39 is 0 Å².